The highest BCUT2D eigenvalue weighted by atomic mass is 16.4. The highest BCUT2D eigenvalue weighted by molar-refractivity contribution is 5.94. The van der Waals surface area contributed by atoms with Crippen LogP contribution in [-0.4, -0.2) is 29.4 Å². The second-order valence-corrected chi connectivity index (χ2v) is 1.81. The minimum Gasteiger partial charge on any atom is -0.481 e. The van der Waals surface area contributed by atoms with Crippen LogP contribution in [-0.2, 0) is 14.4 Å². The topological polar surface area (TPSA) is 109 Å². The van der Waals surface area contributed by atoms with Gasteiger partial charge >= 0.3 is 5.97 Å². The minimum atomic E-state index is -1.24. The Bertz CT molecular complexity index is 189. The third kappa shape index (κ3) is 6.29. The van der Waals surface area contributed by atoms with Crippen LogP contribution in [0, 0.1) is 0 Å². The number of aliphatic carboxylic acids is 1. The van der Waals surface area contributed by atoms with E-state index in [1.54, 1.807) is 0 Å². The number of hydrogen-bond acceptors (Lipinski definition) is 3. The summed E-state index contributed by atoms with van der Waals surface area (Å²) in [5.74, 6) is -2.67. The van der Waals surface area contributed by atoms with Crippen molar-refractivity contribution in [3.8, 4) is 0 Å². The molecule has 0 radical (unpaired) electrons. The molecule has 0 saturated heterocycles. The highest BCUT2D eigenvalue weighted by Gasteiger charge is 2.06. The zero-order valence-corrected chi connectivity index (χ0v) is 5.66. The lowest BCUT2D eigenvalue weighted by atomic mass is 10.4. The number of hydrogen-bond donors (Lipinski definition) is 3. The maximum atomic E-state index is 10.5. The smallest absolute Gasteiger partial charge is 0.312 e. The molecule has 0 unspecified atom stereocenters. The molecule has 0 spiro atoms. The lowest BCUT2D eigenvalue weighted by molar-refractivity contribution is -0.141. The molecule has 0 aromatic carbocycles. The molecule has 0 rings (SSSR count). The summed E-state index contributed by atoms with van der Waals surface area (Å²) < 4.78 is 0. The first-order valence-electron chi connectivity index (χ1n) is 2.79. The van der Waals surface area contributed by atoms with Crippen LogP contribution in [0.2, 0.25) is 0 Å². The second kappa shape index (κ2) is 4.26. The van der Waals surface area contributed by atoms with Gasteiger partial charge in [-0.25, -0.2) is 0 Å². The third-order valence-electron chi connectivity index (χ3n) is 0.772. The van der Waals surface area contributed by atoms with Crippen LogP contribution in [0.5, 0.6) is 0 Å². The molecule has 0 aliphatic carbocycles. The van der Waals surface area contributed by atoms with E-state index in [0.29, 0.717) is 0 Å². The Morgan fingerprint density at radius 3 is 2.27 bits per heavy atom. The van der Waals surface area contributed by atoms with Gasteiger partial charge < -0.3 is 16.2 Å². The first kappa shape index (κ1) is 9.41. The number of carbonyl (C=O) groups excluding carboxylic acids is 2. The third-order valence-corrected chi connectivity index (χ3v) is 0.772. The van der Waals surface area contributed by atoms with Crippen molar-refractivity contribution in [2.75, 3.05) is 6.54 Å². The van der Waals surface area contributed by atoms with Crippen molar-refractivity contribution in [2.45, 2.75) is 6.42 Å². The molecular weight excluding hydrogens is 152 g/mol. The number of carbonyl (C=O) groups is 3. The molecule has 0 aromatic heterocycles. The normalized spacial score (nSPS) is 8.73. The van der Waals surface area contributed by atoms with Crippen LogP contribution in [0.25, 0.3) is 0 Å². The summed E-state index contributed by atoms with van der Waals surface area (Å²) in [7, 11) is 0. The summed E-state index contributed by atoms with van der Waals surface area (Å²) in [6, 6.07) is 0. The summed E-state index contributed by atoms with van der Waals surface area (Å²) in [6.07, 6.45) is -0.646. The summed E-state index contributed by atoms with van der Waals surface area (Å²) in [6.45, 7) is -0.327. The molecule has 2 amide bonds. The first-order chi connectivity index (χ1) is 5.02. The zero-order valence-electron chi connectivity index (χ0n) is 5.66. The molecule has 62 valence electrons. The van der Waals surface area contributed by atoms with E-state index in [-0.39, 0.29) is 6.54 Å². The molecule has 0 aliphatic rings. The van der Waals surface area contributed by atoms with Crippen molar-refractivity contribution < 1.29 is 19.5 Å². The van der Waals surface area contributed by atoms with Crippen molar-refractivity contribution >= 4 is 17.8 Å². The van der Waals surface area contributed by atoms with E-state index < -0.39 is 24.2 Å². The van der Waals surface area contributed by atoms with Crippen molar-refractivity contribution in [2.24, 2.45) is 5.73 Å². The second-order valence-electron chi connectivity index (χ2n) is 1.81. The van der Waals surface area contributed by atoms with Gasteiger partial charge in [-0.1, -0.05) is 0 Å². The van der Waals surface area contributed by atoms with E-state index in [0.717, 1.165) is 0 Å². The maximum Gasteiger partial charge on any atom is 0.312 e. The number of carboxylic acids is 1. The zero-order chi connectivity index (χ0) is 8.85. The summed E-state index contributed by atoms with van der Waals surface area (Å²) in [4.78, 5) is 30.4. The molecule has 0 atom stereocenters. The van der Waals surface area contributed by atoms with E-state index in [2.05, 4.69) is 5.73 Å². The Morgan fingerprint density at radius 1 is 1.36 bits per heavy atom. The molecule has 0 heterocycles. The van der Waals surface area contributed by atoms with E-state index in [9.17, 15) is 14.4 Å². The predicted molar refractivity (Wildman–Crippen MR) is 34.5 cm³/mol. The summed E-state index contributed by atoms with van der Waals surface area (Å²) in [5, 5.41) is 10.1. The van der Waals surface area contributed by atoms with Gasteiger partial charge in [-0.2, -0.15) is 0 Å². The number of nitrogens with two attached hydrogens (primary N) is 1. The summed E-state index contributed by atoms with van der Waals surface area (Å²) in [5.41, 5.74) is 4.67. The molecule has 0 aliphatic heterocycles. The van der Waals surface area contributed by atoms with Gasteiger partial charge in [0.1, 0.15) is 6.42 Å². The molecule has 0 fully saturated rings. The van der Waals surface area contributed by atoms with Gasteiger partial charge in [-0.15, -0.1) is 0 Å². The Labute approximate surface area is 62.4 Å². The van der Waals surface area contributed by atoms with Gasteiger partial charge in [0, 0.05) is 0 Å². The van der Waals surface area contributed by atoms with Crippen LogP contribution in [0.1, 0.15) is 6.42 Å². The predicted octanol–water partition coefficient (Wildman–Crippen LogP) is -1.94. The lowest BCUT2D eigenvalue weighted by Crippen LogP contribution is -2.34. The lowest BCUT2D eigenvalue weighted by Gasteiger charge is -1.97. The van der Waals surface area contributed by atoms with Crippen LogP contribution in [0.15, 0.2) is 0 Å². The van der Waals surface area contributed by atoms with E-state index in [4.69, 9.17) is 5.11 Å². The monoisotopic (exact) mass is 160 g/mol. The fourth-order valence-corrected chi connectivity index (χ4v) is 0.386. The molecule has 4 N–H and O–H groups in total. The quantitative estimate of drug-likeness (QED) is 0.415. The van der Waals surface area contributed by atoms with Crippen molar-refractivity contribution in [1.82, 2.24) is 5.32 Å². The fraction of sp³-hybridized carbons (Fsp3) is 0.400. The fourth-order valence-electron chi connectivity index (χ4n) is 0.386. The van der Waals surface area contributed by atoms with Gasteiger partial charge in [-0.3, -0.25) is 14.4 Å². The van der Waals surface area contributed by atoms with Crippen molar-refractivity contribution in [3.63, 3.8) is 0 Å². The Balaban J connectivity index is 3.53. The van der Waals surface area contributed by atoms with Gasteiger partial charge in [0.15, 0.2) is 0 Å². The Morgan fingerprint density at radius 2 is 1.91 bits per heavy atom. The van der Waals surface area contributed by atoms with E-state index in [1.807, 2.05) is 5.32 Å². The largest absolute Gasteiger partial charge is 0.481 e. The van der Waals surface area contributed by atoms with Gasteiger partial charge in [0.05, 0.1) is 6.54 Å². The number of amides is 2. The number of primary amides is 1. The standard InChI is InChI=1S/C5H8N2O4/c6-3(8)2-7-4(9)1-5(10)11/h1-2H2,(H2,6,8)(H,7,9)(H,10,11). The highest BCUT2D eigenvalue weighted by Crippen LogP contribution is 1.77. The molecular formula is C5H8N2O4. The van der Waals surface area contributed by atoms with Crippen LogP contribution < -0.4 is 11.1 Å². The maximum absolute atomic E-state index is 10.5. The minimum absolute atomic E-state index is 0.327. The van der Waals surface area contributed by atoms with E-state index >= 15 is 0 Å². The molecule has 6 heteroatoms. The van der Waals surface area contributed by atoms with Crippen LogP contribution >= 0.6 is 0 Å². The first-order valence-corrected chi connectivity index (χ1v) is 2.79. The number of carboxylic acid groups (broad SMARTS) is 1. The van der Waals surface area contributed by atoms with Gasteiger partial charge in [0.25, 0.3) is 0 Å². The molecule has 0 aromatic rings. The Kier molecular flexibility index (Phi) is 3.65. The van der Waals surface area contributed by atoms with Gasteiger partial charge in [0.2, 0.25) is 11.8 Å². The molecule has 11 heavy (non-hydrogen) atoms. The molecule has 0 saturated carbocycles. The Hall–Kier alpha value is -1.59. The van der Waals surface area contributed by atoms with E-state index in [1.165, 1.54) is 0 Å². The molecule has 0 bridgehead atoms. The molecule has 6 nitrogen and oxygen atoms in total. The summed E-state index contributed by atoms with van der Waals surface area (Å²) >= 11 is 0. The van der Waals surface area contributed by atoms with Crippen molar-refractivity contribution in [3.05, 3.63) is 0 Å². The van der Waals surface area contributed by atoms with Crippen LogP contribution in [0.4, 0.5) is 0 Å². The van der Waals surface area contributed by atoms with Crippen molar-refractivity contribution in [1.29, 1.82) is 0 Å². The van der Waals surface area contributed by atoms with Gasteiger partial charge in [-0.05, 0) is 0 Å². The number of rotatable bonds is 4. The average Bonchev–Trinajstić information content (AvgIpc) is 1.82. The van der Waals surface area contributed by atoms with Crippen LogP contribution in [0.3, 0.4) is 0 Å². The number of nitrogens with one attached hydrogen (secondary N) is 1. The SMILES string of the molecule is NC(=O)CNC(=O)CC(=O)O. The average molecular weight is 160 g/mol.